The first kappa shape index (κ1) is 10.9. The third-order valence-corrected chi connectivity index (χ3v) is 3.05. The zero-order valence-corrected chi connectivity index (χ0v) is 11.4. The van der Waals surface area contributed by atoms with Crippen molar-refractivity contribution in [2.45, 2.75) is 0 Å². The van der Waals surface area contributed by atoms with E-state index in [0.717, 1.165) is 14.5 Å². The highest BCUT2D eigenvalue weighted by molar-refractivity contribution is 14.1. The molecule has 0 bridgehead atoms. The van der Waals surface area contributed by atoms with Crippen LogP contribution in [0.5, 0.6) is 0 Å². The quantitative estimate of drug-likeness (QED) is 0.497. The zero-order chi connectivity index (χ0) is 11.8. The minimum absolute atomic E-state index is 0.226. The van der Waals surface area contributed by atoms with Gasteiger partial charge in [-0.05, 0) is 46.3 Å². The summed E-state index contributed by atoms with van der Waals surface area (Å²) >= 11 is 8.12. The van der Waals surface area contributed by atoms with Crippen molar-refractivity contribution in [3.63, 3.8) is 0 Å². The first-order valence-electron chi connectivity index (χ1n) is 4.87. The van der Waals surface area contributed by atoms with E-state index < -0.39 is 0 Å². The predicted molar refractivity (Wildman–Crippen MR) is 74.4 cm³/mol. The summed E-state index contributed by atoms with van der Waals surface area (Å²) in [6.45, 7) is 0. The topological polar surface area (TPSA) is 43.6 Å². The second-order valence-electron chi connectivity index (χ2n) is 3.44. The summed E-state index contributed by atoms with van der Waals surface area (Å²) < 4.78 is 2.75. The van der Waals surface area contributed by atoms with Gasteiger partial charge in [0.25, 0.3) is 0 Å². The molecular weight excluding hydrogens is 351 g/mol. The number of hydrogen-bond acceptors (Lipinski definition) is 3. The average Bonchev–Trinajstić information content (AvgIpc) is 2.74. The van der Waals surface area contributed by atoms with E-state index in [9.17, 15) is 0 Å². The Hall–Kier alpha value is -1.21. The second kappa shape index (κ2) is 4.23. The maximum absolute atomic E-state index is 5.92. The molecule has 0 aliphatic heterocycles. The molecule has 0 fully saturated rings. The molecule has 0 aliphatic carbocycles. The van der Waals surface area contributed by atoms with Crippen molar-refractivity contribution in [3.8, 4) is 5.82 Å². The van der Waals surface area contributed by atoms with Crippen LogP contribution in [0.15, 0.2) is 36.7 Å². The molecule has 0 atom stereocenters. The lowest BCUT2D eigenvalue weighted by atomic mass is 10.2. The van der Waals surface area contributed by atoms with Gasteiger partial charge in [0.1, 0.15) is 0 Å². The van der Waals surface area contributed by atoms with Crippen molar-refractivity contribution >= 4 is 45.1 Å². The fraction of sp³-hybridized carbons (Fsp3) is 0. The molecule has 0 saturated heterocycles. The smallest absolute Gasteiger partial charge is 0.221 e. The van der Waals surface area contributed by atoms with E-state index in [0.29, 0.717) is 5.82 Å². The van der Waals surface area contributed by atoms with Crippen molar-refractivity contribution in [1.29, 1.82) is 0 Å². The maximum Gasteiger partial charge on any atom is 0.224 e. The number of aromatic nitrogens is 4. The first-order valence-corrected chi connectivity index (χ1v) is 6.32. The lowest BCUT2D eigenvalue weighted by Gasteiger charge is -2.05. The van der Waals surface area contributed by atoms with Gasteiger partial charge in [-0.25, -0.2) is 9.67 Å². The Balaban J connectivity index is 2.35. The fourth-order valence-electron chi connectivity index (χ4n) is 1.62. The third kappa shape index (κ3) is 2.00. The Bertz CT molecular complexity index is 695. The molecule has 0 spiro atoms. The van der Waals surface area contributed by atoms with Crippen LogP contribution in [-0.4, -0.2) is 19.7 Å². The van der Waals surface area contributed by atoms with Crippen LogP contribution in [0, 0.1) is 3.57 Å². The van der Waals surface area contributed by atoms with Gasteiger partial charge in [0.2, 0.25) is 5.28 Å². The molecule has 6 heteroatoms. The van der Waals surface area contributed by atoms with Crippen LogP contribution in [0.3, 0.4) is 0 Å². The summed E-state index contributed by atoms with van der Waals surface area (Å²) in [7, 11) is 0. The van der Waals surface area contributed by atoms with Crippen LogP contribution in [0.25, 0.3) is 16.7 Å². The molecule has 0 N–H and O–H groups in total. The van der Waals surface area contributed by atoms with Crippen LogP contribution in [0.1, 0.15) is 0 Å². The number of hydrogen-bond donors (Lipinski definition) is 0. The Labute approximate surface area is 116 Å². The molecule has 84 valence electrons. The summed E-state index contributed by atoms with van der Waals surface area (Å²) in [5, 5.41) is 5.39. The van der Waals surface area contributed by atoms with E-state index in [1.165, 1.54) is 0 Å². The highest BCUT2D eigenvalue weighted by atomic mass is 127. The molecule has 2 heterocycles. The Kier molecular flexibility index (Phi) is 2.71. The molecule has 2 aromatic heterocycles. The van der Waals surface area contributed by atoms with Gasteiger partial charge in [-0.1, -0.05) is 12.1 Å². The maximum atomic E-state index is 5.92. The average molecular weight is 357 g/mol. The molecule has 3 rings (SSSR count). The number of halogens is 2. The van der Waals surface area contributed by atoms with Crippen molar-refractivity contribution in [2.75, 3.05) is 0 Å². The van der Waals surface area contributed by atoms with E-state index in [4.69, 9.17) is 11.6 Å². The number of benzene rings is 1. The van der Waals surface area contributed by atoms with Gasteiger partial charge in [-0.3, -0.25) is 0 Å². The van der Waals surface area contributed by atoms with Crippen LogP contribution in [0.2, 0.25) is 5.28 Å². The lowest BCUT2D eigenvalue weighted by Crippen LogP contribution is -2.00. The van der Waals surface area contributed by atoms with Crippen LogP contribution < -0.4 is 0 Å². The van der Waals surface area contributed by atoms with Crippen molar-refractivity contribution in [1.82, 2.24) is 19.7 Å². The summed E-state index contributed by atoms with van der Waals surface area (Å²) in [6.07, 6.45) is 3.66. The van der Waals surface area contributed by atoms with Crippen LogP contribution in [-0.2, 0) is 0 Å². The summed E-state index contributed by atoms with van der Waals surface area (Å²) in [6, 6.07) is 7.72. The molecule has 17 heavy (non-hydrogen) atoms. The Morgan fingerprint density at radius 2 is 2.00 bits per heavy atom. The Morgan fingerprint density at radius 1 is 1.18 bits per heavy atom. The highest BCUT2D eigenvalue weighted by Gasteiger charge is 2.08. The molecule has 1 aromatic carbocycles. The molecule has 0 aliphatic rings. The third-order valence-electron chi connectivity index (χ3n) is 2.32. The summed E-state index contributed by atoms with van der Waals surface area (Å²) in [5.74, 6) is 0.698. The molecule has 4 nitrogen and oxygen atoms in total. The molecule has 0 amide bonds. The standard InChI is InChI=1S/C11H6ClIN4/c12-11-15-9-4-2-1-3-8(9)10(16-11)17-6-7(13)5-14-17/h1-6H. The molecule has 3 aromatic rings. The highest BCUT2D eigenvalue weighted by Crippen LogP contribution is 2.20. The minimum atomic E-state index is 0.226. The number of fused-ring (bicyclic) bond motifs is 1. The van der Waals surface area contributed by atoms with Gasteiger partial charge in [-0.15, -0.1) is 0 Å². The SMILES string of the molecule is Clc1nc(-n2cc(I)cn2)c2ccccc2n1. The van der Waals surface area contributed by atoms with Crippen LogP contribution >= 0.6 is 34.2 Å². The molecule has 0 unspecified atom stereocenters. The number of rotatable bonds is 1. The number of para-hydroxylation sites is 1. The van der Waals surface area contributed by atoms with E-state index in [-0.39, 0.29) is 5.28 Å². The summed E-state index contributed by atoms with van der Waals surface area (Å²) in [5.41, 5.74) is 0.813. The van der Waals surface area contributed by atoms with Gasteiger partial charge in [0.15, 0.2) is 5.82 Å². The van der Waals surface area contributed by atoms with Crippen molar-refractivity contribution < 1.29 is 0 Å². The molecule has 0 saturated carbocycles. The van der Waals surface area contributed by atoms with Gasteiger partial charge in [0, 0.05) is 11.6 Å². The van der Waals surface area contributed by atoms with Gasteiger partial charge < -0.3 is 0 Å². The normalized spacial score (nSPS) is 10.9. The minimum Gasteiger partial charge on any atom is -0.221 e. The monoisotopic (exact) mass is 356 g/mol. The predicted octanol–water partition coefficient (Wildman–Crippen LogP) is 3.07. The zero-order valence-electron chi connectivity index (χ0n) is 8.51. The Morgan fingerprint density at radius 3 is 2.76 bits per heavy atom. The van der Waals surface area contributed by atoms with Gasteiger partial charge in [0.05, 0.1) is 15.3 Å². The van der Waals surface area contributed by atoms with E-state index in [1.807, 2.05) is 30.5 Å². The largest absolute Gasteiger partial charge is 0.224 e. The van der Waals surface area contributed by atoms with E-state index >= 15 is 0 Å². The van der Waals surface area contributed by atoms with Crippen molar-refractivity contribution in [2.24, 2.45) is 0 Å². The van der Waals surface area contributed by atoms with Crippen molar-refractivity contribution in [3.05, 3.63) is 45.5 Å². The second-order valence-corrected chi connectivity index (χ2v) is 5.02. The number of nitrogens with zero attached hydrogens (tertiary/aromatic N) is 4. The summed E-state index contributed by atoms with van der Waals surface area (Å²) in [4.78, 5) is 8.42. The fourth-order valence-corrected chi connectivity index (χ4v) is 2.18. The molecule has 0 radical (unpaired) electrons. The molecular formula is C11H6ClIN4. The van der Waals surface area contributed by atoms with E-state index in [2.05, 4.69) is 37.7 Å². The van der Waals surface area contributed by atoms with Gasteiger partial charge in [-0.2, -0.15) is 10.1 Å². The van der Waals surface area contributed by atoms with Crippen LogP contribution in [0.4, 0.5) is 0 Å². The first-order chi connectivity index (χ1) is 8.24. The lowest BCUT2D eigenvalue weighted by molar-refractivity contribution is 0.851. The van der Waals surface area contributed by atoms with E-state index in [1.54, 1.807) is 10.9 Å². The van der Waals surface area contributed by atoms with Gasteiger partial charge >= 0.3 is 0 Å².